The van der Waals surface area contributed by atoms with Gasteiger partial charge >= 0.3 is 5.97 Å². The number of nitrogens with one attached hydrogen (secondary N) is 2. The molecule has 0 bridgehead atoms. The van der Waals surface area contributed by atoms with Gasteiger partial charge in [-0.2, -0.15) is 0 Å². The molecule has 1 amide bonds. The summed E-state index contributed by atoms with van der Waals surface area (Å²) in [5, 5.41) is 13.7. The van der Waals surface area contributed by atoms with Crippen molar-refractivity contribution in [3.8, 4) is 11.1 Å². The molecule has 3 N–H and O–H groups in total. The van der Waals surface area contributed by atoms with Gasteiger partial charge in [0.05, 0.1) is 11.3 Å². The van der Waals surface area contributed by atoms with Crippen molar-refractivity contribution in [1.82, 2.24) is 15.4 Å². The smallest absolute Gasteiger partial charge is 0.303 e. The molecule has 0 unspecified atom stereocenters. The number of carboxylic acid groups (broad SMARTS) is 1. The summed E-state index contributed by atoms with van der Waals surface area (Å²) >= 11 is 7.84. The van der Waals surface area contributed by atoms with E-state index in [1.165, 1.54) is 16.3 Å². The fraction of sp³-hybridized carbons (Fsp3) is 0.148. The van der Waals surface area contributed by atoms with E-state index in [0.29, 0.717) is 27.4 Å². The van der Waals surface area contributed by atoms with Gasteiger partial charge in [-0.1, -0.05) is 48.0 Å². The van der Waals surface area contributed by atoms with Gasteiger partial charge in [0.25, 0.3) is 5.56 Å². The highest BCUT2D eigenvalue weighted by Crippen LogP contribution is 2.38. The Kier molecular flexibility index (Phi) is 6.63. The van der Waals surface area contributed by atoms with Crippen LogP contribution in [0.5, 0.6) is 0 Å². The molecule has 7 nitrogen and oxygen atoms in total. The fourth-order valence-electron chi connectivity index (χ4n) is 4.43. The Morgan fingerprint density at radius 2 is 1.83 bits per heavy atom. The number of carboxylic acids is 1. The highest BCUT2D eigenvalue weighted by molar-refractivity contribution is 7.10. The van der Waals surface area contributed by atoms with E-state index in [0.717, 1.165) is 15.8 Å². The lowest BCUT2D eigenvalue weighted by atomic mass is 9.94. The van der Waals surface area contributed by atoms with Gasteiger partial charge < -0.3 is 10.1 Å². The van der Waals surface area contributed by atoms with Crippen LogP contribution in [0.25, 0.3) is 27.7 Å². The van der Waals surface area contributed by atoms with Crippen molar-refractivity contribution in [2.75, 3.05) is 0 Å². The van der Waals surface area contributed by atoms with Crippen molar-refractivity contribution in [3.05, 3.63) is 97.9 Å². The monoisotopic (exact) mass is 519 g/mol. The number of aromatic amines is 1. The van der Waals surface area contributed by atoms with E-state index in [2.05, 4.69) is 10.4 Å². The summed E-state index contributed by atoms with van der Waals surface area (Å²) in [7, 11) is 0. The van der Waals surface area contributed by atoms with Crippen LogP contribution in [0, 0.1) is 0 Å². The second-order valence-electron chi connectivity index (χ2n) is 8.42. The van der Waals surface area contributed by atoms with Crippen molar-refractivity contribution in [2.45, 2.75) is 25.3 Å². The van der Waals surface area contributed by atoms with Crippen LogP contribution in [-0.4, -0.2) is 27.0 Å². The topological polar surface area (TPSA) is 102 Å². The van der Waals surface area contributed by atoms with Crippen molar-refractivity contribution in [2.24, 2.45) is 0 Å². The zero-order valence-corrected chi connectivity index (χ0v) is 20.6. The number of hydrogen-bond donors (Lipinski definition) is 3. The SMILES string of the molecule is O=C(O)CCCC(=O)N1NC(c2c(-c3ccccc3)c3cc(Cl)ccc3[nH]c2=O)=C[C@@H]1c1cccs1. The fourth-order valence-corrected chi connectivity index (χ4v) is 5.39. The number of carbonyl (C=O) groups excluding carboxylic acids is 1. The Morgan fingerprint density at radius 3 is 2.56 bits per heavy atom. The first-order valence-electron chi connectivity index (χ1n) is 11.4. The van der Waals surface area contributed by atoms with Gasteiger partial charge in [0.1, 0.15) is 6.04 Å². The van der Waals surface area contributed by atoms with E-state index < -0.39 is 12.0 Å². The van der Waals surface area contributed by atoms with Crippen LogP contribution in [0.1, 0.15) is 35.7 Å². The third kappa shape index (κ3) is 4.65. The second kappa shape index (κ2) is 10.0. The largest absolute Gasteiger partial charge is 0.481 e. The lowest BCUT2D eigenvalue weighted by Gasteiger charge is -2.25. The van der Waals surface area contributed by atoms with Crippen molar-refractivity contribution in [1.29, 1.82) is 0 Å². The van der Waals surface area contributed by atoms with Crippen molar-refractivity contribution >= 4 is 51.4 Å². The van der Waals surface area contributed by atoms with Crippen LogP contribution >= 0.6 is 22.9 Å². The predicted octanol–water partition coefficient (Wildman–Crippen LogP) is 5.59. The van der Waals surface area contributed by atoms with Crippen LogP contribution < -0.4 is 11.0 Å². The number of benzene rings is 2. The predicted molar refractivity (Wildman–Crippen MR) is 142 cm³/mol. The zero-order chi connectivity index (χ0) is 25.2. The zero-order valence-electron chi connectivity index (χ0n) is 19.0. The summed E-state index contributed by atoms with van der Waals surface area (Å²) < 4.78 is 0. The van der Waals surface area contributed by atoms with Crippen LogP contribution in [0.2, 0.25) is 5.02 Å². The Bertz CT molecular complexity index is 1530. The summed E-state index contributed by atoms with van der Waals surface area (Å²) in [4.78, 5) is 41.4. The number of halogens is 1. The molecule has 5 rings (SSSR count). The lowest BCUT2D eigenvalue weighted by Crippen LogP contribution is -2.39. The number of carbonyl (C=O) groups is 2. The number of nitrogens with zero attached hydrogens (tertiary/aromatic N) is 1. The maximum absolute atomic E-state index is 13.5. The van der Waals surface area contributed by atoms with Crippen LogP contribution in [0.15, 0.2) is 76.9 Å². The Morgan fingerprint density at radius 1 is 1.03 bits per heavy atom. The van der Waals surface area contributed by atoms with Gasteiger partial charge in [-0.05, 0) is 47.7 Å². The highest BCUT2D eigenvalue weighted by Gasteiger charge is 2.33. The number of aromatic nitrogens is 1. The minimum absolute atomic E-state index is 0.0670. The average Bonchev–Trinajstić information content (AvgIpc) is 3.54. The van der Waals surface area contributed by atoms with Gasteiger partial charge in [-0.3, -0.25) is 19.8 Å². The molecule has 3 heterocycles. The molecule has 36 heavy (non-hydrogen) atoms. The van der Waals surface area contributed by atoms with Gasteiger partial charge in [0.2, 0.25) is 5.91 Å². The van der Waals surface area contributed by atoms with Gasteiger partial charge in [0.15, 0.2) is 0 Å². The molecule has 182 valence electrons. The first-order valence-corrected chi connectivity index (χ1v) is 12.6. The van der Waals surface area contributed by atoms with E-state index in [1.54, 1.807) is 12.1 Å². The van der Waals surface area contributed by atoms with Crippen LogP contribution in [0.3, 0.4) is 0 Å². The van der Waals surface area contributed by atoms with E-state index >= 15 is 0 Å². The van der Waals surface area contributed by atoms with Gasteiger partial charge in [0, 0.05) is 39.2 Å². The molecule has 9 heteroatoms. The molecule has 2 aromatic heterocycles. The number of hydrogen-bond acceptors (Lipinski definition) is 5. The molecule has 1 aliphatic heterocycles. The molecule has 1 atom stereocenters. The lowest BCUT2D eigenvalue weighted by molar-refractivity contribution is -0.137. The first kappa shape index (κ1) is 23.8. The number of hydrazine groups is 1. The molecule has 1 aliphatic rings. The van der Waals surface area contributed by atoms with E-state index in [9.17, 15) is 14.4 Å². The normalized spacial score (nSPS) is 15.1. The summed E-state index contributed by atoms with van der Waals surface area (Å²) in [6.45, 7) is 0. The number of rotatable bonds is 7. The third-order valence-electron chi connectivity index (χ3n) is 6.04. The Hall–Kier alpha value is -3.88. The Labute approximate surface area is 215 Å². The summed E-state index contributed by atoms with van der Waals surface area (Å²) in [6.07, 6.45) is 2.07. The molecule has 0 aliphatic carbocycles. The standard InChI is InChI=1S/C27H22ClN3O4S/c28-17-11-12-19-18(14-17)25(16-6-2-1-3-7-16)26(27(35)29-19)20-15-21(22-8-5-13-36-22)31(30-20)23(32)9-4-10-24(33)34/h1-3,5-8,11-15,21,30H,4,9-10H2,(H,29,35)(H,33,34)/t21-/m1/s1. The first-order chi connectivity index (χ1) is 17.4. The molecule has 0 saturated heterocycles. The molecule has 4 aromatic rings. The van der Waals surface area contributed by atoms with Crippen molar-refractivity contribution in [3.63, 3.8) is 0 Å². The number of aliphatic carboxylic acids is 1. The van der Waals surface area contributed by atoms with E-state index in [1.807, 2.05) is 60.0 Å². The van der Waals surface area contributed by atoms with Crippen molar-refractivity contribution < 1.29 is 14.7 Å². The quantitative estimate of drug-likeness (QED) is 0.295. The molecule has 0 spiro atoms. The maximum atomic E-state index is 13.5. The summed E-state index contributed by atoms with van der Waals surface area (Å²) in [5.74, 6) is -1.19. The average molecular weight is 520 g/mol. The molecule has 0 fully saturated rings. The number of amides is 1. The number of thiophene rings is 1. The molecule has 0 saturated carbocycles. The van der Waals surface area contributed by atoms with Crippen LogP contribution in [-0.2, 0) is 9.59 Å². The summed E-state index contributed by atoms with van der Waals surface area (Å²) in [5.41, 5.74) is 5.97. The second-order valence-corrected chi connectivity index (χ2v) is 9.84. The van der Waals surface area contributed by atoms with E-state index in [-0.39, 0.29) is 30.7 Å². The maximum Gasteiger partial charge on any atom is 0.303 e. The minimum atomic E-state index is -0.945. The summed E-state index contributed by atoms with van der Waals surface area (Å²) in [6, 6.07) is 18.3. The number of H-pyrrole nitrogens is 1. The molecular weight excluding hydrogens is 498 g/mol. The molecule has 2 aromatic carbocycles. The van der Waals surface area contributed by atoms with E-state index in [4.69, 9.17) is 16.7 Å². The van der Waals surface area contributed by atoms with Crippen LogP contribution in [0.4, 0.5) is 0 Å². The molecule has 0 radical (unpaired) electrons. The van der Waals surface area contributed by atoms with Gasteiger partial charge in [-0.25, -0.2) is 5.01 Å². The molecular formula is C27H22ClN3O4S. The highest BCUT2D eigenvalue weighted by atomic mass is 35.5. The Balaban J connectivity index is 1.64. The number of pyridine rings is 1. The third-order valence-corrected chi connectivity index (χ3v) is 7.21. The van der Waals surface area contributed by atoms with Gasteiger partial charge in [-0.15, -0.1) is 11.3 Å². The minimum Gasteiger partial charge on any atom is -0.481 e. The number of fused-ring (bicyclic) bond motifs is 1.